The minimum Gasteiger partial charge on any atom is -0.369 e. The summed E-state index contributed by atoms with van der Waals surface area (Å²) < 4.78 is 28.6. The van der Waals surface area contributed by atoms with Crippen molar-refractivity contribution in [1.29, 1.82) is 0 Å². The predicted octanol–water partition coefficient (Wildman–Crippen LogP) is 2.89. The van der Waals surface area contributed by atoms with Gasteiger partial charge >= 0.3 is 0 Å². The van der Waals surface area contributed by atoms with Crippen LogP contribution in [-0.2, 0) is 19.6 Å². The van der Waals surface area contributed by atoms with Crippen molar-refractivity contribution in [3.05, 3.63) is 28.8 Å². The zero-order valence-corrected chi connectivity index (χ0v) is 20.4. The lowest BCUT2D eigenvalue weighted by atomic mass is 9.47. The Bertz CT molecular complexity index is 1020. The fourth-order valence-corrected chi connectivity index (χ4v) is 8.85. The molecule has 4 fully saturated rings. The summed E-state index contributed by atoms with van der Waals surface area (Å²) in [5, 5.41) is 3.32. The highest BCUT2D eigenvalue weighted by Gasteiger charge is 2.58. The number of carbonyl (C=O) groups is 2. The quantitative estimate of drug-likeness (QED) is 0.554. The molecule has 32 heavy (non-hydrogen) atoms. The number of amides is 2. The predicted molar refractivity (Wildman–Crippen MR) is 122 cm³/mol. The third-order valence-electron chi connectivity index (χ3n) is 7.57. The van der Waals surface area contributed by atoms with E-state index in [9.17, 15) is 18.0 Å². The number of halogens is 1. The summed E-state index contributed by atoms with van der Waals surface area (Å²) in [6, 6.07) is 4.94. The van der Waals surface area contributed by atoms with Crippen molar-refractivity contribution < 1.29 is 18.0 Å². The second-order valence-corrected chi connectivity index (χ2v) is 12.8. The van der Waals surface area contributed by atoms with Gasteiger partial charge in [-0.25, -0.2) is 13.1 Å². The van der Waals surface area contributed by atoms with Crippen molar-refractivity contribution in [1.82, 2.24) is 10.0 Å². The Balaban J connectivity index is 1.43. The number of hydrogen-bond acceptors (Lipinski definition) is 4. The van der Waals surface area contributed by atoms with Crippen molar-refractivity contribution in [2.75, 3.05) is 0 Å². The molecule has 0 saturated heterocycles. The molecular formula is C23H32ClN3O4S. The highest BCUT2D eigenvalue weighted by Crippen LogP contribution is 2.59. The summed E-state index contributed by atoms with van der Waals surface area (Å²) in [6.07, 6.45) is 4.38. The molecule has 4 bridgehead atoms. The van der Waals surface area contributed by atoms with Gasteiger partial charge in [0.25, 0.3) is 0 Å². The van der Waals surface area contributed by atoms with Crippen LogP contribution in [0, 0.1) is 30.1 Å². The topological polar surface area (TPSA) is 118 Å². The number of carbonyl (C=O) groups excluding carboxylic acids is 2. The maximum atomic E-state index is 13.0. The Morgan fingerprint density at radius 2 is 1.81 bits per heavy atom. The molecule has 4 saturated carbocycles. The van der Waals surface area contributed by atoms with Crippen LogP contribution in [0.5, 0.6) is 0 Å². The zero-order chi connectivity index (χ0) is 23.5. The molecule has 0 spiro atoms. The molecule has 4 aliphatic rings. The summed E-state index contributed by atoms with van der Waals surface area (Å²) in [5.41, 5.74) is 4.88. The third kappa shape index (κ3) is 4.29. The van der Waals surface area contributed by atoms with Crippen LogP contribution in [0.3, 0.4) is 0 Å². The van der Waals surface area contributed by atoms with Gasteiger partial charge in [-0.2, -0.15) is 0 Å². The lowest BCUT2D eigenvalue weighted by Gasteiger charge is -2.58. The van der Waals surface area contributed by atoms with Crippen LogP contribution < -0.4 is 15.8 Å². The maximum Gasteiger partial charge on any atom is 0.242 e. The lowest BCUT2D eigenvalue weighted by molar-refractivity contribution is -0.147. The first-order chi connectivity index (χ1) is 14.8. The molecule has 0 heterocycles. The van der Waals surface area contributed by atoms with Gasteiger partial charge in [0, 0.05) is 23.4 Å². The number of aryl methyl sites for hydroxylation is 1. The lowest BCUT2D eigenvalue weighted by Crippen LogP contribution is -2.62. The number of nitrogens with two attached hydrogens (primary N) is 1. The molecule has 2 amide bonds. The van der Waals surface area contributed by atoms with Crippen LogP contribution >= 0.6 is 11.6 Å². The molecule has 0 radical (unpaired) electrons. The summed E-state index contributed by atoms with van der Waals surface area (Å²) in [5.74, 6) is 0.619. The molecule has 2 unspecified atom stereocenters. The van der Waals surface area contributed by atoms with Crippen molar-refractivity contribution in [2.24, 2.45) is 28.9 Å². The SMILES string of the molecule is Cc1cccc(Cl)c1S(=O)(=O)NC(C)(C)CC(=O)NC1C2CC3CC1CC(C(N)=O)(C3)C2. The molecule has 4 N–H and O–H groups in total. The number of hydrogen-bond donors (Lipinski definition) is 3. The standard InChI is InChI=1S/C23H32ClN3O4S/c1-13-5-4-6-17(24)20(13)32(30,31)27-22(2,3)12-18(28)26-19-15-7-14-8-16(19)11-23(9-14,10-15)21(25)29/h4-6,14-16,19,27H,7-12H2,1-3H3,(H2,25,29)(H,26,28). The van der Waals surface area contributed by atoms with E-state index in [4.69, 9.17) is 17.3 Å². The van der Waals surface area contributed by atoms with Crippen LogP contribution in [0.1, 0.15) is 57.9 Å². The molecule has 176 valence electrons. The molecule has 1 aromatic carbocycles. The molecule has 5 rings (SSSR count). The largest absolute Gasteiger partial charge is 0.369 e. The fraction of sp³-hybridized carbons (Fsp3) is 0.652. The smallest absolute Gasteiger partial charge is 0.242 e. The van der Waals surface area contributed by atoms with E-state index in [1.807, 2.05) is 0 Å². The molecule has 2 atom stereocenters. The first-order valence-corrected chi connectivity index (χ1v) is 13.1. The zero-order valence-electron chi connectivity index (χ0n) is 18.8. The Morgan fingerprint density at radius 1 is 1.19 bits per heavy atom. The second-order valence-electron chi connectivity index (χ2n) is 10.8. The highest BCUT2D eigenvalue weighted by molar-refractivity contribution is 7.89. The van der Waals surface area contributed by atoms with E-state index in [0.717, 1.165) is 32.1 Å². The molecule has 1 aromatic rings. The highest BCUT2D eigenvalue weighted by atomic mass is 35.5. The van der Waals surface area contributed by atoms with Gasteiger partial charge < -0.3 is 11.1 Å². The Labute approximate surface area is 194 Å². The monoisotopic (exact) mass is 481 g/mol. The van der Waals surface area contributed by atoms with Crippen molar-refractivity contribution in [3.8, 4) is 0 Å². The van der Waals surface area contributed by atoms with E-state index in [1.165, 1.54) is 6.07 Å². The number of nitrogens with one attached hydrogen (secondary N) is 2. The average Bonchev–Trinajstić information content (AvgIpc) is 2.62. The summed E-state index contributed by atoms with van der Waals surface area (Å²) in [6.45, 7) is 5.07. The van der Waals surface area contributed by atoms with Crippen molar-refractivity contribution >= 4 is 33.4 Å². The van der Waals surface area contributed by atoms with Crippen LogP contribution in [0.2, 0.25) is 5.02 Å². The average molecular weight is 482 g/mol. The van der Waals surface area contributed by atoms with Gasteiger partial charge in [0.15, 0.2) is 0 Å². The molecule has 0 aliphatic heterocycles. The first-order valence-electron chi connectivity index (χ1n) is 11.2. The molecule has 4 aliphatic carbocycles. The molecule has 7 nitrogen and oxygen atoms in total. The van der Waals surface area contributed by atoms with Gasteiger partial charge in [-0.1, -0.05) is 23.7 Å². The summed E-state index contributed by atoms with van der Waals surface area (Å²) in [4.78, 5) is 25.1. The van der Waals surface area contributed by atoms with Crippen molar-refractivity contribution in [3.63, 3.8) is 0 Å². The molecule has 9 heteroatoms. The normalized spacial score (nSPS) is 31.5. The van der Waals surface area contributed by atoms with Gasteiger partial charge in [0.1, 0.15) is 4.90 Å². The van der Waals surface area contributed by atoms with Crippen LogP contribution in [0.25, 0.3) is 0 Å². The number of benzene rings is 1. The minimum absolute atomic E-state index is 0.00391. The minimum atomic E-state index is -3.91. The number of primary amides is 1. The Kier molecular flexibility index (Phi) is 5.87. The van der Waals surface area contributed by atoms with E-state index in [2.05, 4.69) is 10.0 Å². The van der Waals surface area contributed by atoms with Gasteiger partial charge in [0.2, 0.25) is 21.8 Å². The summed E-state index contributed by atoms with van der Waals surface area (Å²) in [7, 11) is -3.91. The number of sulfonamides is 1. The summed E-state index contributed by atoms with van der Waals surface area (Å²) >= 11 is 6.15. The Morgan fingerprint density at radius 3 is 2.38 bits per heavy atom. The Hall–Kier alpha value is -1.64. The molecule has 0 aromatic heterocycles. The van der Waals surface area contributed by atoms with E-state index in [-0.39, 0.29) is 46.0 Å². The van der Waals surface area contributed by atoms with E-state index >= 15 is 0 Å². The molecular weight excluding hydrogens is 450 g/mol. The van der Waals surface area contributed by atoms with Gasteiger partial charge in [-0.3, -0.25) is 9.59 Å². The fourth-order valence-electron chi connectivity index (χ4n) is 6.61. The second kappa shape index (κ2) is 7.99. The maximum absolute atomic E-state index is 13.0. The van der Waals surface area contributed by atoms with Crippen molar-refractivity contribution in [2.45, 2.75) is 75.8 Å². The number of rotatable bonds is 7. The van der Waals surface area contributed by atoms with Gasteiger partial charge in [0.05, 0.1) is 5.02 Å². The van der Waals surface area contributed by atoms with Crippen LogP contribution in [0.15, 0.2) is 23.1 Å². The van der Waals surface area contributed by atoms with Crippen LogP contribution in [-0.4, -0.2) is 31.8 Å². The third-order valence-corrected chi connectivity index (χ3v) is 9.90. The van der Waals surface area contributed by atoms with Gasteiger partial charge in [-0.05, 0) is 82.3 Å². The van der Waals surface area contributed by atoms with E-state index in [1.54, 1.807) is 32.9 Å². The van der Waals surface area contributed by atoms with E-state index in [0.29, 0.717) is 11.5 Å². The van der Waals surface area contributed by atoms with Gasteiger partial charge in [-0.15, -0.1) is 0 Å². The first kappa shape index (κ1) is 23.5. The van der Waals surface area contributed by atoms with Crippen LogP contribution in [0.4, 0.5) is 0 Å². The van der Waals surface area contributed by atoms with E-state index < -0.39 is 21.0 Å².